The predicted molar refractivity (Wildman–Crippen MR) is 68.1 cm³/mol. The van der Waals surface area contributed by atoms with Crippen LogP contribution in [-0.4, -0.2) is 23.7 Å². The molecule has 2 atom stereocenters. The van der Waals surface area contributed by atoms with Crippen molar-refractivity contribution in [3.8, 4) is 0 Å². The van der Waals surface area contributed by atoms with Crippen LogP contribution in [0.15, 0.2) is 23.3 Å². The standard InChI is InChI=1S/C12H17N5O/c13-11-16-9-4-1-5-15-10(9)12(14,17-11)7-8-3-2-6-18-8/h1,4-5,8H,2-3,6-7,14H2,(H3,13,16,17). The van der Waals surface area contributed by atoms with Crippen molar-refractivity contribution in [3.63, 3.8) is 0 Å². The van der Waals surface area contributed by atoms with E-state index in [0.29, 0.717) is 12.4 Å². The van der Waals surface area contributed by atoms with Crippen molar-refractivity contribution in [1.82, 2.24) is 10.3 Å². The molecule has 1 saturated heterocycles. The molecule has 3 rings (SSSR count). The Morgan fingerprint density at radius 3 is 3.22 bits per heavy atom. The number of rotatable bonds is 2. The van der Waals surface area contributed by atoms with Crippen molar-refractivity contribution in [3.05, 3.63) is 24.0 Å². The normalized spacial score (nSPS) is 30.5. The van der Waals surface area contributed by atoms with Crippen molar-refractivity contribution in [2.75, 3.05) is 6.61 Å². The summed E-state index contributed by atoms with van der Waals surface area (Å²) in [6.45, 7) is 0.805. The summed E-state index contributed by atoms with van der Waals surface area (Å²) < 4.78 is 5.64. The van der Waals surface area contributed by atoms with Crippen LogP contribution < -0.4 is 16.8 Å². The zero-order valence-corrected chi connectivity index (χ0v) is 10.1. The van der Waals surface area contributed by atoms with Crippen LogP contribution in [0, 0.1) is 0 Å². The van der Waals surface area contributed by atoms with Gasteiger partial charge in [-0.25, -0.2) is 4.99 Å². The van der Waals surface area contributed by atoms with E-state index in [-0.39, 0.29) is 6.10 Å². The molecule has 3 heterocycles. The minimum Gasteiger partial charge on any atom is -0.378 e. The van der Waals surface area contributed by atoms with Gasteiger partial charge in [0.25, 0.3) is 0 Å². The Morgan fingerprint density at radius 2 is 2.44 bits per heavy atom. The predicted octanol–water partition coefficient (Wildman–Crippen LogP) is 0.312. The lowest BCUT2D eigenvalue weighted by Gasteiger charge is -2.35. The number of aromatic nitrogens is 1. The number of aliphatic imine (C=N–C) groups is 1. The molecule has 1 fully saturated rings. The summed E-state index contributed by atoms with van der Waals surface area (Å²) in [5, 5.41) is 3.04. The Morgan fingerprint density at radius 1 is 1.56 bits per heavy atom. The highest BCUT2D eigenvalue weighted by atomic mass is 16.5. The molecule has 0 saturated carbocycles. The first kappa shape index (κ1) is 11.4. The van der Waals surface area contributed by atoms with E-state index >= 15 is 0 Å². The zero-order valence-electron chi connectivity index (χ0n) is 10.1. The number of pyridine rings is 1. The van der Waals surface area contributed by atoms with E-state index < -0.39 is 5.66 Å². The number of ether oxygens (including phenoxy) is 1. The lowest BCUT2D eigenvalue weighted by Crippen LogP contribution is -2.58. The van der Waals surface area contributed by atoms with Crippen molar-refractivity contribution >= 4 is 11.6 Å². The van der Waals surface area contributed by atoms with E-state index in [4.69, 9.17) is 16.2 Å². The van der Waals surface area contributed by atoms with Gasteiger partial charge in [-0.3, -0.25) is 4.98 Å². The Kier molecular flexibility index (Phi) is 2.68. The van der Waals surface area contributed by atoms with Gasteiger partial charge in [0.05, 0.1) is 11.8 Å². The van der Waals surface area contributed by atoms with Crippen LogP contribution >= 0.6 is 0 Å². The fraction of sp³-hybridized carbons (Fsp3) is 0.500. The van der Waals surface area contributed by atoms with E-state index in [1.54, 1.807) is 6.20 Å². The summed E-state index contributed by atoms with van der Waals surface area (Å²) in [6.07, 6.45) is 4.63. The molecule has 6 nitrogen and oxygen atoms in total. The van der Waals surface area contributed by atoms with E-state index in [1.165, 1.54) is 0 Å². The number of nitrogens with zero attached hydrogens (tertiary/aromatic N) is 2. The van der Waals surface area contributed by atoms with Gasteiger partial charge in [-0.1, -0.05) is 0 Å². The second-order valence-corrected chi connectivity index (χ2v) is 4.80. The minimum atomic E-state index is -0.794. The fourth-order valence-electron chi connectivity index (χ4n) is 2.59. The van der Waals surface area contributed by atoms with Crippen molar-refractivity contribution < 1.29 is 4.74 Å². The minimum absolute atomic E-state index is 0.156. The molecule has 0 radical (unpaired) electrons. The van der Waals surface area contributed by atoms with E-state index in [2.05, 4.69) is 15.3 Å². The molecule has 2 aliphatic heterocycles. The van der Waals surface area contributed by atoms with Gasteiger partial charge in [-0.2, -0.15) is 0 Å². The van der Waals surface area contributed by atoms with Gasteiger partial charge >= 0.3 is 0 Å². The van der Waals surface area contributed by atoms with Crippen LogP contribution in [0.4, 0.5) is 5.69 Å². The largest absolute Gasteiger partial charge is 0.378 e. The van der Waals surface area contributed by atoms with Gasteiger partial charge in [-0.15, -0.1) is 0 Å². The first-order valence-electron chi connectivity index (χ1n) is 6.16. The monoisotopic (exact) mass is 247 g/mol. The smallest absolute Gasteiger partial charge is 0.195 e. The van der Waals surface area contributed by atoms with Crippen LogP contribution in [-0.2, 0) is 10.4 Å². The third-order valence-electron chi connectivity index (χ3n) is 3.37. The molecule has 2 aliphatic rings. The molecular formula is C12H17N5O. The number of hydrogen-bond donors (Lipinski definition) is 3. The first-order chi connectivity index (χ1) is 8.67. The Labute approximate surface area is 105 Å². The fourth-order valence-corrected chi connectivity index (χ4v) is 2.59. The van der Waals surface area contributed by atoms with Gasteiger partial charge in [-0.05, 0) is 25.0 Å². The summed E-state index contributed by atoms with van der Waals surface area (Å²) in [7, 11) is 0. The van der Waals surface area contributed by atoms with Crippen LogP contribution in [0.2, 0.25) is 0 Å². The zero-order chi connectivity index (χ0) is 12.6. The van der Waals surface area contributed by atoms with Crippen molar-refractivity contribution in [2.45, 2.75) is 31.0 Å². The highest BCUT2D eigenvalue weighted by Gasteiger charge is 2.38. The van der Waals surface area contributed by atoms with Gasteiger partial charge in [0.2, 0.25) is 0 Å². The summed E-state index contributed by atoms with van der Waals surface area (Å²) in [4.78, 5) is 8.56. The van der Waals surface area contributed by atoms with E-state index in [9.17, 15) is 0 Å². The second kappa shape index (κ2) is 4.22. The second-order valence-electron chi connectivity index (χ2n) is 4.80. The van der Waals surface area contributed by atoms with Crippen LogP contribution in [0.1, 0.15) is 25.0 Å². The van der Waals surface area contributed by atoms with E-state index in [0.717, 1.165) is 30.8 Å². The molecule has 2 unspecified atom stereocenters. The number of hydrogen-bond acceptors (Lipinski definition) is 6. The Balaban J connectivity index is 1.93. The highest BCUT2D eigenvalue weighted by Crippen LogP contribution is 2.33. The molecule has 0 bridgehead atoms. The van der Waals surface area contributed by atoms with Gasteiger partial charge in [0, 0.05) is 19.2 Å². The maximum atomic E-state index is 6.43. The average Bonchev–Trinajstić information content (AvgIpc) is 2.81. The third-order valence-corrected chi connectivity index (χ3v) is 3.37. The average molecular weight is 247 g/mol. The van der Waals surface area contributed by atoms with Crippen molar-refractivity contribution in [1.29, 1.82) is 0 Å². The quantitative estimate of drug-likeness (QED) is 0.698. The molecule has 0 amide bonds. The summed E-state index contributed by atoms with van der Waals surface area (Å²) in [5.74, 6) is 0.330. The molecule has 0 spiro atoms. The highest BCUT2D eigenvalue weighted by molar-refractivity contribution is 5.84. The topological polar surface area (TPSA) is 98.5 Å². The SMILES string of the molecule is NC1=Nc2cccnc2C(N)(CC2CCCO2)N1. The van der Waals surface area contributed by atoms with Crippen molar-refractivity contribution in [2.24, 2.45) is 16.5 Å². The Bertz CT molecular complexity index is 483. The Hall–Kier alpha value is -1.66. The summed E-state index contributed by atoms with van der Waals surface area (Å²) >= 11 is 0. The maximum Gasteiger partial charge on any atom is 0.195 e. The molecule has 0 aromatic carbocycles. The molecule has 0 aliphatic carbocycles. The molecule has 5 N–H and O–H groups in total. The molecule has 1 aromatic rings. The van der Waals surface area contributed by atoms with Gasteiger partial charge in [0.15, 0.2) is 5.96 Å². The van der Waals surface area contributed by atoms with Crippen LogP contribution in [0.25, 0.3) is 0 Å². The lowest BCUT2D eigenvalue weighted by molar-refractivity contribution is 0.0782. The number of guanidine groups is 1. The number of nitrogens with one attached hydrogen (secondary N) is 1. The third kappa shape index (κ3) is 1.93. The molecule has 1 aromatic heterocycles. The molecular weight excluding hydrogens is 230 g/mol. The van der Waals surface area contributed by atoms with Crippen LogP contribution in [0.3, 0.4) is 0 Å². The van der Waals surface area contributed by atoms with Crippen LogP contribution in [0.5, 0.6) is 0 Å². The maximum absolute atomic E-state index is 6.43. The van der Waals surface area contributed by atoms with E-state index in [1.807, 2.05) is 12.1 Å². The molecule has 6 heteroatoms. The number of nitrogens with two attached hydrogens (primary N) is 2. The first-order valence-corrected chi connectivity index (χ1v) is 6.16. The molecule has 18 heavy (non-hydrogen) atoms. The summed E-state index contributed by atoms with van der Waals surface area (Å²) in [6, 6.07) is 3.70. The lowest BCUT2D eigenvalue weighted by atomic mass is 9.95. The number of fused-ring (bicyclic) bond motifs is 1. The van der Waals surface area contributed by atoms with Gasteiger partial charge < -0.3 is 21.5 Å². The van der Waals surface area contributed by atoms with Gasteiger partial charge in [0.1, 0.15) is 11.4 Å². The molecule has 96 valence electrons. The summed E-state index contributed by atoms with van der Waals surface area (Å²) in [5.41, 5.74) is 12.9.